The highest BCUT2D eigenvalue weighted by Crippen LogP contribution is 1.73. The summed E-state index contributed by atoms with van der Waals surface area (Å²) >= 11 is 0. The van der Waals surface area contributed by atoms with Gasteiger partial charge in [-0.25, -0.2) is 4.79 Å². The summed E-state index contributed by atoms with van der Waals surface area (Å²) in [5.41, 5.74) is 0. The van der Waals surface area contributed by atoms with Crippen molar-refractivity contribution in [1.29, 1.82) is 0 Å². The minimum absolute atomic E-state index is 0.231. The first-order chi connectivity index (χ1) is 5.77. The van der Waals surface area contributed by atoms with Crippen molar-refractivity contribution in [2.24, 2.45) is 0 Å². The van der Waals surface area contributed by atoms with Gasteiger partial charge < -0.3 is 9.84 Å². The summed E-state index contributed by atoms with van der Waals surface area (Å²) in [6.07, 6.45) is 2.29. The van der Waals surface area contributed by atoms with Crippen molar-refractivity contribution in [3.63, 3.8) is 0 Å². The Hall–Kier alpha value is -1.58. The molecule has 4 nitrogen and oxygen atoms in total. The quantitative estimate of drug-likeness (QED) is 0.651. The van der Waals surface area contributed by atoms with Gasteiger partial charge in [-0.05, 0) is 19.1 Å². The molecule has 1 heterocycles. The van der Waals surface area contributed by atoms with Crippen molar-refractivity contribution >= 4 is 6.16 Å². The lowest BCUT2D eigenvalue weighted by Gasteiger charge is -1.87. The molecule has 0 aliphatic heterocycles. The van der Waals surface area contributed by atoms with Crippen LogP contribution in [0, 0.1) is 0 Å². The zero-order valence-electron chi connectivity index (χ0n) is 6.80. The normalized spacial score (nSPS) is 7.75. The van der Waals surface area contributed by atoms with Gasteiger partial charge in [-0.3, -0.25) is 4.98 Å². The van der Waals surface area contributed by atoms with Gasteiger partial charge in [0.05, 0.1) is 6.61 Å². The van der Waals surface area contributed by atoms with E-state index in [2.05, 4.69) is 9.72 Å². The van der Waals surface area contributed by atoms with Crippen molar-refractivity contribution < 1.29 is 14.6 Å². The predicted molar refractivity (Wildman–Crippen MR) is 43.9 cm³/mol. The molecule has 0 saturated carbocycles. The first-order valence-corrected chi connectivity index (χ1v) is 3.48. The largest absolute Gasteiger partial charge is 0.505 e. The summed E-state index contributed by atoms with van der Waals surface area (Å²) in [6.45, 7) is 1.85. The monoisotopic (exact) mass is 169 g/mol. The van der Waals surface area contributed by atoms with Crippen molar-refractivity contribution in [2.75, 3.05) is 6.61 Å². The Morgan fingerprint density at radius 1 is 1.42 bits per heavy atom. The molecule has 0 amide bonds. The number of nitrogens with zero attached hydrogens (tertiary/aromatic N) is 1. The van der Waals surface area contributed by atoms with E-state index in [9.17, 15) is 4.79 Å². The summed E-state index contributed by atoms with van der Waals surface area (Å²) in [5.74, 6) is 0. The molecule has 1 rings (SSSR count). The zero-order chi connectivity index (χ0) is 9.23. The minimum atomic E-state index is -1.21. The van der Waals surface area contributed by atoms with E-state index in [1.54, 1.807) is 19.3 Å². The van der Waals surface area contributed by atoms with Crippen LogP contribution in [0.15, 0.2) is 30.6 Å². The molecule has 4 heteroatoms. The van der Waals surface area contributed by atoms with Crippen LogP contribution < -0.4 is 0 Å². The van der Waals surface area contributed by atoms with Crippen LogP contribution in [0.25, 0.3) is 0 Å². The Kier molecular flexibility index (Phi) is 6.54. The van der Waals surface area contributed by atoms with Gasteiger partial charge in [0.1, 0.15) is 0 Å². The Bertz CT molecular complexity index is 174. The van der Waals surface area contributed by atoms with Gasteiger partial charge in [-0.1, -0.05) is 6.07 Å². The van der Waals surface area contributed by atoms with E-state index in [-0.39, 0.29) is 6.61 Å². The molecular weight excluding hydrogens is 158 g/mol. The lowest BCUT2D eigenvalue weighted by atomic mass is 10.5. The highest BCUT2D eigenvalue weighted by atomic mass is 16.7. The Balaban J connectivity index is 0.000000202. The lowest BCUT2D eigenvalue weighted by molar-refractivity contribution is 0.0966. The van der Waals surface area contributed by atoms with Gasteiger partial charge >= 0.3 is 6.16 Å². The molecular formula is C8H11NO3. The predicted octanol–water partition coefficient (Wildman–Crippen LogP) is 1.78. The lowest BCUT2D eigenvalue weighted by Crippen LogP contribution is -1.97. The van der Waals surface area contributed by atoms with Gasteiger partial charge in [0.2, 0.25) is 0 Å². The standard InChI is InChI=1S/C5H5N.C3H6O3/c1-2-4-6-5-3-1;1-2-6-3(4)5/h1-5H;2H2,1H3,(H,4,5). The first kappa shape index (κ1) is 10.4. The molecule has 0 unspecified atom stereocenters. The van der Waals surface area contributed by atoms with E-state index in [1.807, 2.05) is 18.2 Å². The SMILES string of the molecule is CCOC(=O)O.c1ccncc1. The highest BCUT2D eigenvalue weighted by Gasteiger charge is 1.86. The maximum absolute atomic E-state index is 9.38. The number of rotatable bonds is 1. The molecule has 12 heavy (non-hydrogen) atoms. The number of pyridine rings is 1. The molecule has 0 bridgehead atoms. The van der Waals surface area contributed by atoms with Crippen LogP contribution in [0.2, 0.25) is 0 Å². The number of aromatic nitrogens is 1. The maximum atomic E-state index is 9.38. The number of hydrogen-bond acceptors (Lipinski definition) is 3. The molecule has 1 N–H and O–H groups in total. The van der Waals surface area contributed by atoms with Gasteiger partial charge in [0, 0.05) is 12.4 Å². The van der Waals surface area contributed by atoms with Crippen molar-refractivity contribution in [3.05, 3.63) is 30.6 Å². The van der Waals surface area contributed by atoms with Crippen LogP contribution in [0.4, 0.5) is 4.79 Å². The summed E-state index contributed by atoms with van der Waals surface area (Å²) in [6, 6.07) is 5.72. The van der Waals surface area contributed by atoms with Gasteiger partial charge in [0.15, 0.2) is 0 Å². The molecule has 1 aromatic rings. The average Bonchev–Trinajstić information content (AvgIpc) is 2.08. The Morgan fingerprint density at radius 3 is 2.08 bits per heavy atom. The van der Waals surface area contributed by atoms with E-state index in [4.69, 9.17) is 5.11 Å². The second-order valence-electron chi connectivity index (χ2n) is 1.72. The number of carbonyl (C=O) groups is 1. The third kappa shape index (κ3) is 8.42. The van der Waals surface area contributed by atoms with Crippen LogP contribution >= 0.6 is 0 Å². The van der Waals surface area contributed by atoms with Crippen LogP contribution in [0.1, 0.15) is 6.92 Å². The highest BCUT2D eigenvalue weighted by molar-refractivity contribution is 5.56. The number of carboxylic acid groups (broad SMARTS) is 1. The van der Waals surface area contributed by atoms with E-state index in [0.29, 0.717) is 0 Å². The maximum Gasteiger partial charge on any atom is 0.505 e. The molecule has 0 radical (unpaired) electrons. The van der Waals surface area contributed by atoms with Gasteiger partial charge in [-0.15, -0.1) is 0 Å². The van der Waals surface area contributed by atoms with Crippen molar-refractivity contribution in [3.8, 4) is 0 Å². The van der Waals surface area contributed by atoms with Crippen molar-refractivity contribution in [2.45, 2.75) is 6.92 Å². The van der Waals surface area contributed by atoms with E-state index in [0.717, 1.165) is 0 Å². The minimum Gasteiger partial charge on any atom is -0.450 e. The summed E-state index contributed by atoms with van der Waals surface area (Å²) in [4.78, 5) is 13.2. The summed E-state index contributed by atoms with van der Waals surface area (Å²) in [7, 11) is 0. The zero-order valence-corrected chi connectivity index (χ0v) is 6.80. The van der Waals surface area contributed by atoms with Gasteiger partial charge in [0.25, 0.3) is 0 Å². The fourth-order valence-electron chi connectivity index (χ4n) is 0.436. The average molecular weight is 169 g/mol. The molecule has 0 aliphatic rings. The van der Waals surface area contributed by atoms with E-state index < -0.39 is 6.16 Å². The Morgan fingerprint density at radius 2 is 2.00 bits per heavy atom. The molecule has 66 valence electrons. The second kappa shape index (κ2) is 7.53. The van der Waals surface area contributed by atoms with E-state index >= 15 is 0 Å². The number of ether oxygens (including phenoxy) is 1. The fraction of sp³-hybridized carbons (Fsp3) is 0.250. The van der Waals surface area contributed by atoms with Crippen LogP contribution in [0.3, 0.4) is 0 Å². The second-order valence-corrected chi connectivity index (χ2v) is 1.72. The van der Waals surface area contributed by atoms with Crippen LogP contribution in [0.5, 0.6) is 0 Å². The van der Waals surface area contributed by atoms with Crippen LogP contribution in [-0.4, -0.2) is 22.9 Å². The van der Waals surface area contributed by atoms with E-state index in [1.165, 1.54) is 0 Å². The fourth-order valence-corrected chi connectivity index (χ4v) is 0.436. The summed E-state index contributed by atoms with van der Waals surface area (Å²) < 4.78 is 3.96. The molecule has 0 fully saturated rings. The third-order valence-corrected chi connectivity index (χ3v) is 0.834. The molecule has 0 aromatic carbocycles. The third-order valence-electron chi connectivity index (χ3n) is 0.834. The first-order valence-electron chi connectivity index (χ1n) is 3.48. The molecule has 1 aromatic heterocycles. The molecule has 0 saturated heterocycles. The number of hydrogen-bond donors (Lipinski definition) is 1. The van der Waals surface area contributed by atoms with Gasteiger partial charge in [-0.2, -0.15) is 0 Å². The van der Waals surface area contributed by atoms with Crippen molar-refractivity contribution in [1.82, 2.24) is 4.98 Å². The molecule has 0 spiro atoms. The van der Waals surface area contributed by atoms with Crippen LogP contribution in [-0.2, 0) is 4.74 Å². The summed E-state index contributed by atoms with van der Waals surface area (Å²) in [5, 5.41) is 7.69. The smallest absolute Gasteiger partial charge is 0.450 e. The topological polar surface area (TPSA) is 59.4 Å². The molecule has 0 atom stereocenters. The Labute approximate surface area is 70.8 Å². The molecule has 0 aliphatic carbocycles.